The number of amides is 1. The van der Waals surface area contributed by atoms with E-state index in [-0.39, 0.29) is 6.42 Å². The van der Waals surface area contributed by atoms with Crippen molar-refractivity contribution in [3.63, 3.8) is 0 Å². The molecule has 1 unspecified atom stereocenters. The van der Waals surface area contributed by atoms with Gasteiger partial charge in [0.25, 0.3) is 0 Å². The third-order valence-corrected chi connectivity index (χ3v) is 5.01. The van der Waals surface area contributed by atoms with Crippen molar-refractivity contribution >= 4 is 39.2 Å². The Balaban J connectivity index is 3.31. The lowest BCUT2D eigenvalue weighted by atomic mass is 10.1. The highest BCUT2D eigenvalue weighted by molar-refractivity contribution is 7.89. The highest BCUT2D eigenvalue weighted by atomic mass is 35.5. The summed E-state index contributed by atoms with van der Waals surface area (Å²) in [5, 5.41) is 10.3. The van der Waals surface area contributed by atoms with E-state index < -0.39 is 55.2 Å². The number of hydrogen-bond acceptors (Lipinski definition) is 4. The van der Waals surface area contributed by atoms with E-state index in [0.717, 1.165) is 6.92 Å². The van der Waals surface area contributed by atoms with E-state index in [9.17, 15) is 26.8 Å². The number of aliphatic carboxylic acids is 1. The number of anilines is 1. The first-order valence-electron chi connectivity index (χ1n) is 7.21. The maximum atomic E-state index is 14.3. The zero-order chi connectivity index (χ0) is 19.4. The van der Waals surface area contributed by atoms with E-state index in [4.69, 9.17) is 16.7 Å². The quantitative estimate of drug-likeness (QED) is 0.582. The lowest BCUT2D eigenvalue weighted by Crippen LogP contribution is -2.41. The fourth-order valence-electron chi connectivity index (χ4n) is 1.99. The van der Waals surface area contributed by atoms with Crippen molar-refractivity contribution in [2.75, 3.05) is 5.32 Å². The molecule has 25 heavy (non-hydrogen) atoms. The number of hydrogen-bond donors (Lipinski definition) is 3. The topological polar surface area (TPSA) is 113 Å². The molecule has 0 heterocycles. The molecule has 7 nitrogen and oxygen atoms in total. The molecule has 3 N–H and O–H groups in total. The molecule has 11 heteroatoms. The Kier molecular flexibility index (Phi) is 7.27. The second kappa shape index (κ2) is 8.54. The molecule has 1 aromatic carbocycles. The maximum Gasteiger partial charge on any atom is 0.321 e. The largest absolute Gasteiger partial charge is 0.480 e. The number of benzene rings is 1. The van der Waals surface area contributed by atoms with Gasteiger partial charge in [-0.2, -0.15) is 4.72 Å². The van der Waals surface area contributed by atoms with Crippen LogP contribution >= 0.6 is 11.6 Å². The average molecular weight is 399 g/mol. The Hall–Kier alpha value is -1.78. The first kappa shape index (κ1) is 21.3. The number of unbranched alkanes of at least 4 members (excludes halogenated alkanes) is 1. The second-order valence-electron chi connectivity index (χ2n) is 5.20. The third-order valence-electron chi connectivity index (χ3n) is 3.14. The van der Waals surface area contributed by atoms with Crippen molar-refractivity contribution < 1.29 is 31.9 Å². The average Bonchev–Trinajstić information content (AvgIpc) is 2.47. The molecule has 0 radical (unpaired) electrons. The molecular weight excluding hydrogens is 382 g/mol. The van der Waals surface area contributed by atoms with Gasteiger partial charge in [0.05, 0.1) is 5.69 Å². The zero-order valence-electron chi connectivity index (χ0n) is 13.4. The van der Waals surface area contributed by atoms with Gasteiger partial charge in [0.2, 0.25) is 15.9 Å². The number of sulfonamides is 1. The van der Waals surface area contributed by atoms with Crippen LogP contribution in [0.15, 0.2) is 11.0 Å². The van der Waals surface area contributed by atoms with Crippen LogP contribution in [0.1, 0.15) is 33.1 Å². The summed E-state index contributed by atoms with van der Waals surface area (Å²) in [6, 6.07) is -0.999. The van der Waals surface area contributed by atoms with E-state index in [0.29, 0.717) is 18.9 Å². The summed E-state index contributed by atoms with van der Waals surface area (Å²) in [5.41, 5.74) is -0.441. The molecular formula is C14H17ClF2N2O5S. The fraction of sp³-hybridized carbons (Fsp3) is 0.429. The highest BCUT2D eigenvalue weighted by Crippen LogP contribution is 2.32. The summed E-state index contributed by atoms with van der Waals surface area (Å²) < 4.78 is 54.6. The van der Waals surface area contributed by atoms with Crippen LogP contribution in [-0.2, 0) is 19.6 Å². The second-order valence-corrected chi connectivity index (χ2v) is 7.23. The van der Waals surface area contributed by atoms with Gasteiger partial charge in [0, 0.05) is 13.0 Å². The summed E-state index contributed by atoms with van der Waals surface area (Å²) in [4.78, 5) is 20.7. The minimum atomic E-state index is -4.84. The Morgan fingerprint density at radius 2 is 1.96 bits per heavy atom. The van der Waals surface area contributed by atoms with Crippen LogP contribution in [0.3, 0.4) is 0 Å². The van der Waals surface area contributed by atoms with Gasteiger partial charge in [-0.15, -0.1) is 0 Å². The summed E-state index contributed by atoms with van der Waals surface area (Å²) in [6.07, 6.45) is 0.949. The van der Waals surface area contributed by atoms with E-state index in [2.05, 4.69) is 5.32 Å². The van der Waals surface area contributed by atoms with Crippen LogP contribution < -0.4 is 10.0 Å². The van der Waals surface area contributed by atoms with Crippen LogP contribution in [0.4, 0.5) is 14.5 Å². The molecule has 0 spiro atoms. The highest BCUT2D eigenvalue weighted by Gasteiger charge is 2.32. The molecule has 1 atom stereocenters. The van der Waals surface area contributed by atoms with Gasteiger partial charge in [-0.25, -0.2) is 17.2 Å². The van der Waals surface area contributed by atoms with Crippen LogP contribution in [0.5, 0.6) is 0 Å². The number of nitrogens with one attached hydrogen (secondary N) is 2. The standard InChI is InChI=1S/C14H17ClF2N2O5S/c1-3-4-5-9(14(21)22)19-25(23,24)13-8(16)6-10(18-7(2)20)11(15)12(13)17/h6,9,19H,3-5H2,1-2H3,(H,18,20)(H,21,22). The number of carboxylic acids is 1. The van der Waals surface area contributed by atoms with Gasteiger partial charge >= 0.3 is 5.97 Å². The number of carbonyl (C=O) groups is 2. The zero-order valence-corrected chi connectivity index (χ0v) is 15.0. The summed E-state index contributed by atoms with van der Waals surface area (Å²) >= 11 is 5.64. The van der Waals surface area contributed by atoms with Gasteiger partial charge in [0.15, 0.2) is 10.7 Å². The predicted octanol–water partition coefficient (Wildman–Crippen LogP) is 2.50. The molecule has 0 saturated carbocycles. The van der Waals surface area contributed by atoms with Crippen molar-refractivity contribution in [3.05, 3.63) is 22.7 Å². The summed E-state index contributed by atoms with van der Waals surface area (Å²) in [6.45, 7) is 2.84. The van der Waals surface area contributed by atoms with Crippen molar-refractivity contribution in [1.82, 2.24) is 4.72 Å². The lowest BCUT2D eigenvalue weighted by molar-refractivity contribution is -0.139. The summed E-state index contributed by atoms with van der Waals surface area (Å²) in [5.74, 6) is -5.28. The van der Waals surface area contributed by atoms with Crippen LogP contribution in [0.2, 0.25) is 5.02 Å². The Morgan fingerprint density at radius 3 is 2.44 bits per heavy atom. The fourth-order valence-corrected chi connectivity index (χ4v) is 3.61. The number of halogens is 3. The first-order chi connectivity index (χ1) is 11.5. The maximum absolute atomic E-state index is 14.3. The molecule has 1 rings (SSSR count). The number of carboxylic acid groups (broad SMARTS) is 1. The molecule has 0 bridgehead atoms. The van der Waals surface area contributed by atoms with Gasteiger partial charge in [-0.1, -0.05) is 31.4 Å². The molecule has 0 fully saturated rings. The van der Waals surface area contributed by atoms with Crippen molar-refractivity contribution in [2.45, 2.75) is 44.0 Å². The van der Waals surface area contributed by atoms with Crippen LogP contribution in [0.25, 0.3) is 0 Å². The monoisotopic (exact) mass is 398 g/mol. The Labute approximate surface area is 148 Å². The minimum Gasteiger partial charge on any atom is -0.480 e. The van der Waals surface area contributed by atoms with Gasteiger partial charge in [-0.05, 0) is 6.42 Å². The molecule has 0 saturated heterocycles. The van der Waals surface area contributed by atoms with Gasteiger partial charge < -0.3 is 10.4 Å². The number of rotatable bonds is 8. The predicted molar refractivity (Wildman–Crippen MR) is 86.9 cm³/mol. The molecule has 0 aliphatic rings. The lowest BCUT2D eigenvalue weighted by Gasteiger charge is -2.16. The normalized spacial score (nSPS) is 12.7. The Morgan fingerprint density at radius 1 is 1.36 bits per heavy atom. The van der Waals surface area contributed by atoms with Crippen LogP contribution in [0, 0.1) is 11.6 Å². The van der Waals surface area contributed by atoms with Crippen molar-refractivity contribution in [1.29, 1.82) is 0 Å². The van der Waals surface area contributed by atoms with Crippen molar-refractivity contribution in [2.24, 2.45) is 0 Å². The first-order valence-corrected chi connectivity index (χ1v) is 9.07. The van der Waals surface area contributed by atoms with E-state index in [1.165, 1.54) is 0 Å². The molecule has 0 aromatic heterocycles. The molecule has 0 aliphatic heterocycles. The third kappa shape index (κ3) is 5.35. The van der Waals surface area contributed by atoms with E-state index in [1.54, 1.807) is 11.6 Å². The smallest absolute Gasteiger partial charge is 0.321 e. The molecule has 140 valence electrons. The number of carbonyl (C=O) groups excluding carboxylic acids is 1. The van der Waals surface area contributed by atoms with Gasteiger partial charge in [0.1, 0.15) is 16.9 Å². The van der Waals surface area contributed by atoms with E-state index in [1.807, 2.05) is 0 Å². The van der Waals surface area contributed by atoms with Crippen LogP contribution in [-0.4, -0.2) is 31.4 Å². The van der Waals surface area contributed by atoms with E-state index >= 15 is 0 Å². The summed E-state index contributed by atoms with van der Waals surface area (Å²) in [7, 11) is -4.84. The molecule has 1 aromatic rings. The SMILES string of the molecule is CCCCC(NS(=O)(=O)c1c(F)cc(NC(C)=O)c(Cl)c1F)C(=O)O. The molecule has 1 amide bonds. The molecule has 0 aliphatic carbocycles. The minimum absolute atomic E-state index is 0.0496. The van der Waals surface area contributed by atoms with Gasteiger partial charge in [-0.3, -0.25) is 9.59 Å². The Bertz CT molecular complexity index is 786. The van der Waals surface area contributed by atoms with Crippen molar-refractivity contribution in [3.8, 4) is 0 Å².